The molecule has 0 aromatic carbocycles. The maximum Gasteiger partial charge on any atom is 0.296 e. The number of piperazine rings is 1. The fourth-order valence-electron chi connectivity index (χ4n) is 2.95. The fraction of sp³-hybridized carbons (Fsp3) is 0.389. The molecule has 6 nitrogen and oxygen atoms in total. The predicted molar refractivity (Wildman–Crippen MR) is 90.6 cm³/mol. The minimum Gasteiger partial charge on any atom is -0.348 e. The van der Waals surface area contributed by atoms with Crippen LogP contribution in [0.3, 0.4) is 0 Å². The van der Waals surface area contributed by atoms with Crippen molar-refractivity contribution in [3.05, 3.63) is 53.6 Å². The van der Waals surface area contributed by atoms with Crippen LogP contribution in [0.15, 0.2) is 36.7 Å². The fourth-order valence-corrected chi connectivity index (χ4v) is 2.95. The van der Waals surface area contributed by atoms with E-state index >= 15 is 0 Å². The molecule has 0 N–H and O–H groups in total. The van der Waals surface area contributed by atoms with Gasteiger partial charge < -0.3 is 9.47 Å². The van der Waals surface area contributed by atoms with Crippen molar-refractivity contribution in [3.63, 3.8) is 0 Å². The average molecular weight is 326 g/mol. The second kappa shape index (κ2) is 6.97. The Morgan fingerprint density at radius 1 is 1.12 bits per heavy atom. The van der Waals surface area contributed by atoms with Crippen LogP contribution in [0, 0.1) is 6.92 Å². The van der Waals surface area contributed by atoms with Crippen molar-refractivity contribution in [2.75, 3.05) is 26.2 Å². The maximum atomic E-state index is 12.4. The number of carbonyl (C=O) groups is 2. The summed E-state index contributed by atoms with van der Waals surface area (Å²) in [6.45, 7) is 5.48. The van der Waals surface area contributed by atoms with Crippen LogP contribution in [0.1, 0.15) is 21.7 Å². The molecule has 126 valence electrons. The van der Waals surface area contributed by atoms with Gasteiger partial charge in [-0.2, -0.15) is 0 Å². The van der Waals surface area contributed by atoms with E-state index in [1.54, 1.807) is 41.0 Å². The van der Waals surface area contributed by atoms with E-state index < -0.39 is 11.7 Å². The molecule has 1 aliphatic heterocycles. The SMILES string of the molecule is Cc1cccnc1CN1CCN(C(=O)C(=O)c2cccn2C)CC1. The number of hydrogen-bond acceptors (Lipinski definition) is 4. The third-order valence-corrected chi connectivity index (χ3v) is 4.52. The molecule has 0 atom stereocenters. The van der Waals surface area contributed by atoms with E-state index in [0.29, 0.717) is 18.8 Å². The van der Waals surface area contributed by atoms with Gasteiger partial charge in [0.05, 0.1) is 11.4 Å². The van der Waals surface area contributed by atoms with Gasteiger partial charge in [-0.1, -0.05) is 6.07 Å². The number of aryl methyl sites for hydroxylation is 2. The van der Waals surface area contributed by atoms with Crippen molar-refractivity contribution in [2.45, 2.75) is 13.5 Å². The molecule has 0 aliphatic carbocycles. The van der Waals surface area contributed by atoms with Gasteiger partial charge in [0.25, 0.3) is 11.7 Å². The Balaban J connectivity index is 1.57. The molecule has 0 bridgehead atoms. The van der Waals surface area contributed by atoms with Crippen LogP contribution in [-0.4, -0.2) is 57.2 Å². The van der Waals surface area contributed by atoms with Crippen LogP contribution < -0.4 is 0 Å². The lowest BCUT2D eigenvalue weighted by Gasteiger charge is -2.34. The molecule has 0 unspecified atom stereocenters. The van der Waals surface area contributed by atoms with Crippen LogP contribution in [0.2, 0.25) is 0 Å². The van der Waals surface area contributed by atoms with Gasteiger partial charge in [0, 0.05) is 52.2 Å². The van der Waals surface area contributed by atoms with E-state index in [1.165, 1.54) is 5.56 Å². The van der Waals surface area contributed by atoms with E-state index in [9.17, 15) is 9.59 Å². The normalized spacial score (nSPS) is 15.5. The summed E-state index contributed by atoms with van der Waals surface area (Å²) >= 11 is 0. The number of carbonyl (C=O) groups excluding carboxylic acids is 2. The maximum absolute atomic E-state index is 12.4. The first-order valence-electron chi connectivity index (χ1n) is 8.14. The summed E-state index contributed by atoms with van der Waals surface area (Å²) in [6, 6.07) is 7.44. The summed E-state index contributed by atoms with van der Waals surface area (Å²) in [5.41, 5.74) is 2.68. The number of aromatic nitrogens is 2. The third-order valence-electron chi connectivity index (χ3n) is 4.52. The lowest BCUT2D eigenvalue weighted by atomic mass is 10.2. The first kappa shape index (κ1) is 16.4. The zero-order chi connectivity index (χ0) is 17.1. The van der Waals surface area contributed by atoms with E-state index in [4.69, 9.17) is 0 Å². The van der Waals surface area contributed by atoms with Gasteiger partial charge in [-0.15, -0.1) is 0 Å². The largest absolute Gasteiger partial charge is 0.348 e. The van der Waals surface area contributed by atoms with Gasteiger partial charge >= 0.3 is 0 Å². The van der Waals surface area contributed by atoms with Gasteiger partial charge in [-0.3, -0.25) is 19.5 Å². The highest BCUT2D eigenvalue weighted by Gasteiger charge is 2.28. The topological polar surface area (TPSA) is 58.4 Å². The van der Waals surface area contributed by atoms with Gasteiger partial charge in [0.15, 0.2) is 0 Å². The van der Waals surface area contributed by atoms with Crippen LogP contribution in [-0.2, 0) is 18.4 Å². The lowest BCUT2D eigenvalue weighted by Crippen LogP contribution is -2.50. The minimum absolute atomic E-state index is 0.412. The summed E-state index contributed by atoms with van der Waals surface area (Å²) in [5, 5.41) is 0. The number of Topliss-reactive ketones (excluding diaryl/α,β-unsaturated/α-hetero) is 1. The molecule has 1 saturated heterocycles. The van der Waals surface area contributed by atoms with E-state index in [-0.39, 0.29) is 0 Å². The van der Waals surface area contributed by atoms with Gasteiger partial charge in [0.2, 0.25) is 0 Å². The molecule has 2 aromatic heterocycles. The smallest absolute Gasteiger partial charge is 0.296 e. The van der Waals surface area contributed by atoms with Crippen LogP contribution >= 0.6 is 0 Å². The molecule has 1 aliphatic rings. The summed E-state index contributed by atoms with van der Waals surface area (Å²) < 4.78 is 1.68. The molecule has 6 heteroatoms. The molecule has 2 aromatic rings. The quantitative estimate of drug-likeness (QED) is 0.627. The molecule has 3 heterocycles. The van der Waals surface area contributed by atoms with Crippen LogP contribution in [0.25, 0.3) is 0 Å². The molecule has 0 radical (unpaired) electrons. The molecule has 0 saturated carbocycles. The Bertz CT molecular complexity index is 745. The number of amides is 1. The summed E-state index contributed by atoms with van der Waals surface area (Å²) in [6.07, 6.45) is 3.58. The number of ketones is 1. The Morgan fingerprint density at radius 3 is 2.50 bits per heavy atom. The standard InChI is InChI=1S/C18H22N4O2/c1-14-5-3-7-19-15(14)13-21-9-11-22(12-10-21)18(24)17(23)16-6-4-8-20(16)2/h3-8H,9-13H2,1-2H3. The van der Waals surface area contributed by atoms with E-state index in [0.717, 1.165) is 25.3 Å². The van der Waals surface area contributed by atoms with Gasteiger partial charge in [0.1, 0.15) is 0 Å². The van der Waals surface area contributed by atoms with Gasteiger partial charge in [-0.25, -0.2) is 0 Å². The van der Waals surface area contributed by atoms with Crippen molar-refractivity contribution in [1.82, 2.24) is 19.4 Å². The highest BCUT2D eigenvalue weighted by atomic mass is 16.2. The van der Waals surface area contributed by atoms with Crippen molar-refractivity contribution in [3.8, 4) is 0 Å². The molecular formula is C18H22N4O2. The van der Waals surface area contributed by atoms with Crippen LogP contribution in [0.5, 0.6) is 0 Å². The number of hydrogen-bond donors (Lipinski definition) is 0. The highest BCUT2D eigenvalue weighted by Crippen LogP contribution is 2.11. The van der Waals surface area contributed by atoms with Crippen molar-refractivity contribution >= 4 is 11.7 Å². The van der Waals surface area contributed by atoms with Crippen molar-refractivity contribution in [1.29, 1.82) is 0 Å². The average Bonchev–Trinajstić information content (AvgIpc) is 3.02. The van der Waals surface area contributed by atoms with Crippen molar-refractivity contribution < 1.29 is 9.59 Å². The van der Waals surface area contributed by atoms with E-state index in [1.807, 2.05) is 6.07 Å². The Labute approximate surface area is 141 Å². The second-order valence-electron chi connectivity index (χ2n) is 6.17. The summed E-state index contributed by atoms with van der Waals surface area (Å²) in [4.78, 5) is 33.0. The van der Waals surface area contributed by atoms with Gasteiger partial charge in [-0.05, 0) is 30.7 Å². The molecule has 1 amide bonds. The number of rotatable bonds is 4. The Hall–Kier alpha value is -2.47. The first-order chi connectivity index (χ1) is 11.6. The molecule has 1 fully saturated rings. The molecule has 3 rings (SSSR count). The third kappa shape index (κ3) is 3.38. The molecule has 0 spiro atoms. The molecule has 24 heavy (non-hydrogen) atoms. The van der Waals surface area contributed by atoms with Crippen LogP contribution in [0.4, 0.5) is 0 Å². The zero-order valence-electron chi connectivity index (χ0n) is 14.1. The zero-order valence-corrected chi connectivity index (χ0v) is 14.1. The second-order valence-corrected chi connectivity index (χ2v) is 6.17. The summed E-state index contributed by atoms with van der Waals surface area (Å²) in [5.74, 6) is -0.845. The summed E-state index contributed by atoms with van der Waals surface area (Å²) in [7, 11) is 1.77. The minimum atomic E-state index is -0.434. The predicted octanol–water partition coefficient (Wildman–Crippen LogP) is 1.26. The number of nitrogens with zero attached hydrogens (tertiary/aromatic N) is 4. The Kier molecular flexibility index (Phi) is 4.76. The molecular weight excluding hydrogens is 304 g/mol. The van der Waals surface area contributed by atoms with E-state index in [2.05, 4.69) is 22.9 Å². The first-order valence-corrected chi connectivity index (χ1v) is 8.14. The highest BCUT2D eigenvalue weighted by molar-refractivity contribution is 6.42. The lowest BCUT2D eigenvalue weighted by molar-refractivity contribution is -0.128. The Morgan fingerprint density at radius 2 is 1.88 bits per heavy atom. The number of pyridine rings is 1. The van der Waals surface area contributed by atoms with Crippen molar-refractivity contribution in [2.24, 2.45) is 7.05 Å². The monoisotopic (exact) mass is 326 g/mol.